The first-order chi connectivity index (χ1) is 10.0. The van der Waals surface area contributed by atoms with Crippen molar-refractivity contribution in [2.45, 2.75) is 24.8 Å². The average molecular weight is 311 g/mol. The minimum absolute atomic E-state index is 0.396. The van der Waals surface area contributed by atoms with Crippen molar-refractivity contribution >= 4 is 10.0 Å². The minimum atomic E-state index is -3.36. The SMILES string of the molecule is CCNCc1ccc(S(=O)(=O)N2CCCN(C)CC2)cc1. The second-order valence-electron chi connectivity index (χ2n) is 5.49. The summed E-state index contributed by atoms with van der Waals surface area (Å²) in [6.07, 6.45) is 0.883. The van der Waals surface area contributed by atoms with Crippen molar-refractivity contribution in [2.75, 3.05) is 39.8 Å². The highest BCUT2D eigenvalue weighted by Crippen LogP contribution is 2.18. The summed E-state index contributed by atoms with van der Waals surface area (Å²) in [5.41, 5.74) is 1.10. The molecule has 1 heterocycles. The molecule has 1 N–H and O–H groups in total. The molecule has 1 aliphatic heterocycles. The second-order valence-corrected chi connectivity index (χ2v) is 7.42. The molecule has 0 aliphatic carbocycles. The molecule has 0 unspecified atom stereocenters. The summed E-state index contributed by atoms with van der Waals surface area (Å²) in [5.74, 6) is 0. The van der Waals surface area contributed by atoms with Crippen LogP contribution in [0.2, 0.25) is 0 Å². The lowest BCUT2D eigenvalue weighted by Crippen LogP contribution is -2.34. The van der Waals surface area contributed by atoms with Crippen LogP contribution in [-0.2, 0) is 16.6 Å². The molecule has 1 aliphatic rings. The summed E-state index contributed by atoms with van der Waals surface area (Å²) >= 11 is 0. The van der Waals surface area contributed by atoms with E-state index >= 15 is 0 Å². The fourth-order valence-corrected chi connectivity index (χ4v) is 3.93. The molecule has 118 valence electrons. The Morgan fingerprint density at radius 2 is 1.81 bits per heavy atom. The molecule has 0 spiro atoms. The van der Waals surface area contributed by atoms with Crippen LogP contribution in [0.5, 0.6) is 0 Å². The maximum atomic E-state index is 12.7. The van der Waals surface area contributed by atoms with Gasteiger partial charge >= 0.3 is 0 Å². The van der Waals surface area contributed by atoms with Gasteiger partial charge in [0.1, 0.15) is 0 Å². The Bertz CT molecular complexity index is 543. The van der Waals surface area contributed by atoms with E-state index in [1.165, 1.54) is 0 Å². The third kappa shape index (κ3) is 4.26. The highest BCUT2D eigenvalue weighted by atomic mass is 32.2. The van der Waals surface area contributed by atoms with Crippen LogP contribution in [0.3, 0.4) is 0 Å². The maximum Gasteiger partial charge on any atom is 0.243 e. The monoisotopic (exact) mass is 311 g/mol. The standard InChI is InChI=1S/C15H25N3O2S/c1-3-16-13-14-5-7-15(8-6-14)21(19,20)18-10-4-9-17(2)11-12-18/h5-8,16H,3-4,9-13H2,1-2H3. The van der Waals surface area contributed by atoms with E-state index in [2.05, 4.69) is 17.1 Å². The molecule has 1 saturated heterocycles. The average Bonchev–Trinajstić information content (AvgIpc) is 2.70. The van der Waals surface area contributed by atoms with Gasteiger partial charge in [0.05, 0.1) is 4.90 Å². The van der Waals surface area contributed by atoms with Gasteiger partial charge in [0.25, 0.3) is 0 Å². The largest absolute Gasteiger partial charge is 0.313 e. The molecule has 5 nitrogen and oxygen atoms in total. The number of sulfonamides is 1. The van der Waals surface area contributed by atoms with Crippen molar-refractivity contribution < 1.29 is 8.42 Å². The lowest BCUT2D eigenvalue weighted by Gasteiger charge is -2.20. The Balaban J connectivity index is 2.11. The van der Waals surface area contributed by atoms with Crippen molar-refractivity contribution in [3.8, 4) is 0 Å². The summed E-state index contributed by atoms with van der Waals surface area (Å²) in [4.78, 5) is 2.57. The van der Waals surface area contributed by atoms with E-state index in [1.807, 2.05) is 19.2 Å². The first-order valence-electron chi connectivity index (χ1n) is 7.52. The Morgan fingerprint density at radius 3 is 2.48 bits per heavy atom. The van der Waals surface area contributed by atoms with Crippen LogP contribution in [0.1, 0.15) is 18.9 Å². The van der Waals surface area contributed by atoms with Crippen molar-refractivity contribution in [1.29, 1.82) is 0 Å². The molecular formula is C15H25N3O2S. The summed E-state index contributed by atoms with van der Waals surface area (Å²) in [6, 6.07) is 7.21. The van der Waals surface area contributed by atoms with Gasteiger partial charge in [0.2, 0.25) is 10.0 Å². The molecule has 0 radical (unpaired) electrons. The molecular weight excluding hydrogens is 286 g/mol. The maximum absolute atomic E-state index is 12.7. The van der Waals surface area contributed by atoms with Crippen LogP contribution in [0.15, 0.2) is 29.2 Å². The number of nitrogens with zero attached hydrogens (tertiary/aromatic N) is 2. The van der Waals surface area contributed by atoms with Crippen molar-refractivity contribution in [1.82, 2.24) is 14.5 Å². The van der Waals surface area contributed by atoms with Crippen molar-refractivity contribution in [3.05, 3.63) is 29.8 Å². The van der Waals surface area contributed by atoms with Crippen molar-refractivity contribution in [3.63, 3.8) is 0 Å². The van der Waals surface area contributed by atoms with Gasteiger partial charge in [-0.15, -0.1) is 0 Å². The van der Waals surface area contributed by atoms with E-state index in [4.69, 9.17) is 0 Å². The van der Waals surface area contributed by atoms with Gasteiger partial charge in [0, 0.05) is 26.2 Å². The normalized spacial score (nSPS) is 18.6. The number of likely N-dealkylation sites (N-methyl/N-ethyl adjacent to an activating group) is 1. The second kappa shape index (κ2) is 7.35. The van der Waals surface area contributed by atoms with Crippen LogP contribution >= 0.6 is 0 Å². The van der Waals surface area contributed by atoms with Gasteiger partial charge in [-0.05, 0) is 44.3 Å². The molecule has 1 aromatic carbocycles. The molecule has 0 amide bonds. The quantitative estimate of drug-likeness (QED) is 0.885. The number of nitrogens with one attached hydrogen (secondary N) is 1. The van der Waals surface area contributed by atoms with E-state index in [-0.39, 0.29) is 0 Å². The first-order valence-corrected chi connectivity index (χ1v) is 8.96. The van der Waals surface area contributed by atoms with Crippen LogP contribution in [0.4, 0.5) is 0 Å². The molecule has 1 fully saturated rings. The predicted molar refractivity (Wildman–Crippen MR) is 84.7 cm³/mol. The van der Waals surface area contributed by atoms with Gasteiger partial charge in [-0.3, -0.25) is 0 Å². The minimum Gasteiger partial charge on any atom is -0.313 e. The number of rotatable bonds is 5. The lowest BCUT2D eigenvalue weighted by atomic mass is 10.2. The molecule has 1 aromatic rings. The van der Waals surface area contributed by atoms with E-state index in [9.17, 15) is 8.42 Å². The molecule has 0 atom stereocenters. The van der Waals surface area contributed by atoms with Gasteiger partial charge in [-0.1, -0.05) is 19.1 Å². The third-order valence-corrected chi connectivity index (χ3v) is 5.73. The van der Waals surface area contributed by atoms with E-state index in [0.29, 0.717) is 18.0 Å². The zero-order valence-electron chi connectivity index (χ0n) is 12.9. The van der Waals surface area contributed by atoms with E-state index < -0.39 is 10.0 Å². The van der Waals surface area contributed by atoms with E-state index in [1.54, 1.807) is 16.4 Å². The molecule has 0 aromatic heterocycles. The number of hydrogen-bond acceptors (Lipinski definition) is 4. The Kier molecular flexibility index (Phi) is 5.75. The number of hydrogen-bond donors (Lipinski definition) is 1. The topological polar surface area (TPSA) is 52.7 Å². The highest BCUT2D eigenvalue weighted by molar-refractivity contribution is 7.89. The van der Waals surface area contributed by atoms with Crippen LogP contribution in [-0.4, -0.2) is 57.4 Å². The Hall–Kier alpha value is -0.950. The zero-order chi connectivity index (χ0) is 15.3. The van der Waals surface area contributed by atoms with Crippen LogP contribution in [0, 0.1) is 0 Å². The number of benzene rings is 1. The summed E-state index contributed by atoms with van der Waals surface area (Å²) in [5, 5.41) is 3.23. The van der Waals surface area contributed by atoms with Crippen LogP contribution in [0.25, 0.3) is 0 Å². The van der Waals surface area contributed by atoms with Gasteiger partial charge in [-0.2, -0.15) is 4.31 Å². The third-order valence-electron chi connectivity index (χ3n) is 3.82. The molecule has 0 saturated carbocycles. The van der Waals surface area contributed by atoms with Gasteiger partial charge < -0.3 is 10.2 Å². The lowest BCUT2D eigenvalue weighted by molar-refractivity contribution is 0.347. The fraction of sp³-hybridized carbons (Fsp3) is 0.600. The van der Waals surface area contributed by atoms with Crippen LogP contribution < -0.4 is 5.32 Å². The zero-order valence-corrected chi connectivity index (χ0v) is 13.7. The summed E-state index contributed by atoms with van der Waals surface area (Å²) in [7, 11) is -1.33. The van der Waals surface area contributed by atoms with Gasteiger partial charge in [-0.25, -0.2) is 8.42 Å². The van der Waals surface area contributed by atoms with E-state index in [0.717, 1.165) is 38.2 Å². The highest BCUT2D eigenvalue weighted by Gasteiger charge is 2.25. The Morgan fingerprint density at radius 1 is 1.10 bits per heavy atom. The molecule has 2 rings (SSSR count). The molecule has 0 bridgehead atoms. The molecule has 21 heavy (non-hydrogen) atoms. The summed E-state index contributed by atoms with van der Waals surface area (Å²) in [6.45, 7) is 6.64. The fourth-order valence-electron chi connectivity index (χ4n) is 2.46. The molecule has 6 heteroatoms. The summed E-state index contributed by atoms with van der Waals surface area (Å²) < 4.78 is 26.9. The van der Waals surface area contributed by atoms with Gasteiger partial charge in [0.15, 0.2) is 0 Å². The van der Waals surface area contributed by atoms with Crippen molar-refractivity contribution in [2.24, 2.45) is 0 Å². The first kappa shape index (κ1) is 16.4. The predicted octanol–water partition coefficient (Wildman–Crippen LogP) is 1.12. The smallest absolute Gasteiger partial charge is 0.243 e. The Labute approximate surface area is 128 Å².